The zero-order chi connectivity index (χ0) is 15.0. The molecular formula is C15H13N3O3. The number of benzene rings is 1. The minimum Gasteiger partial charge on any atom is -0.354 e. The van der Waals surface area contributed by atoms with Crippen LogP contribution in [0.4, 0.5) is 0 Å². The van der Waals surface area contributed by atoms with E-state index in [9.17, 15) is 14.4 Å². The Morgan fingerprint density at radius 3 is 2.67 bits per heavy atom. The zero-order valence-electron chi connectivity index (χ0n) is 11.3. The van der Waals surface area contributed by atoms with Crippen LogP contribution < -0.4 is 5.32 Å². The summed E-state index contributed by atoms with van der Waals surface area (Å²) in [5.74, 6) is -1.24. The number of nitrogens with zero attached hydrogens (tertiary/aromatic N) is 2. The first-order valence-corrected chi connectivity index (χ1v) is 6.83. The van der Waals surface area contributed by atoms with Crippen molar-refractivity contribution in [3.8, 4) is 6.07 Å². The lowest BCUT2D eigenvalue weighted by Crippen LogP contribution is -2.48. The number of fused-ring (bicyclic) bond motifs is 1. The van der Waals surface area contributed by atoms with Gasteiger partial charge in [-0.05, 0) is 37.5 Å². The molecule has 0 bridgehead atoms. The predicted octanol–water partition coefficient (Wildman–Crippen LogP) is 0.823. The minimum absolute atomic E-state index is 0.205. The Labute approximate surface area is 121 Å². The first kappa shape index (κ1) is 13.3. The van der Waals surface area contributed by atoms with Crippen LogP contribution in [0.5, 0.6) is 0 Å². The molecule has 21 heavy (non-hydrogen) atoms. The molecule has 6 nitrogen and oxygen atoms in total. The van der Waals surface area contributed by atoms with E-state index in [-0.39, 0.29) is 17.0 Å². The second kappa shape index (κ2) is 5.02. The van der Waals surface area contributed by atoms with Crippen LogP contribution in [0.2, 0.25) is 0 Å². The smallest absolute Gasteiger partial charge is 0.262 e. The van der Waals surface area contributed by atoms with Gasteiger partial charge in [0.15, 0.2) is 0 Å². The molecule has 1 fully saturated rings. The lowest BCUT2D eigenvalue weighted by atomic mass is 10.1. The van der Waals surface area contributed by atoms with Crippen molar-refractivity contribution in [3.05, 3.63) is 34.9 Å². The van der Waals surface area contributed by atoms with E-state index in [0.717, 1.165) is 17.7 Å². The van der Waals surface area contributed by atoms with Crippen molar-refractivity contribution in [3.63, 3.8) is 0 Å². The van der Waals surface area contributed by atoms with Gasteiger partial charge >= 0.3 is 0 Å². The number of carbonyl (C=O) groups excluding carboxylic acids is 3. The third kappa shape index (κ3) is 2.07. The molecule has 1 aromatic carbocycles. The topological polar surface area (TPSA) is 90.3 Å². The van der Waals surface area contributed by atoms with Gasteiger partial charge in [-0.15, -0.1) is 0 Å². The van der Waals surface area contributed by atoms with Gasteiger partial charge in [-0.25, -0.2) is 0 Å². The fraction of sp³-hybridized carbons (Fsp3) is 0.333. The molecule has 2 aliphatic heterocycles. The Bertz CT molecular complexity index is 690. The summed E-state index contributed by atoms with van der Waals surface area (Å²) < 4.78 is 0. The highest BCUT2D eigenvalue weighted by Crippen LogP contribution is 2.27. The lowest BCUT2D eigenvalue weighted by molar-refractivity contribution is -0.124. The van der Waals surface area contributed by atoms with E-state index in [4.69, 9.17) is 5.26 Å². The first-order valence-electron chi connectivity index (χ1n) is 6.83. The Hall–Kier alpha value is -2.68. The molecule has 0 aromatic heterocycles. The molecule has 0 aliphatic carbocycles. The minimum atomic E-state index is -0.759. The normalized spacial score (nSPS) is 21.6. The van der Waals surface area contributed by atoms with E-state index < -0.39 is 17.9 Å². The van der Waals surface area contributed by atoms with Crippen molar-refractivity contribution in [1.29, 1.82) is 5.26 Å². The highest BCUT2D eigenvalue weighted by molar-refractivity contribution is 6.23. The van der Waals surface area contributed by atoms with E-state index >= 15 is 0 Å². The SMILES string of the molecule is N#Cc1ccc2c(c1)C(=O)N(C1CCCCNC1=O)C2=O. The molecule has 2 aliphatic rings. The van der Waals surface area contributed by atoms with Gasteiger partial charge in [0.25, 0.3) is 11.8 Å². The van der Waals surface area contributed by atoms with Gasteiger partial charge in [0.05, 0.1) is 22.8 Å². The Morgan fingerprint density at radius 2 is 1.90 bits per heavy atom. The molecule has 0 saturated carbocycles. The van der Waals surface area contributed by atoms with Crippen LogP contribution in [0.15, 0.2) is 18.2 Å². The van der Waals surface area contributed by atoms with E-state index in [2.05, 4.69) is 5.32 Å². The van der Waals surface area contributed by atoms with E-state index in [0.29, 0.717) is 18.5 Å². The summed E-state index contributed by atoms with van der Waals surface area (Å²) >= 11 is 0. The van der Waals surface area contributed by atoms with Crippen LogP contribution in [0.1, 0.15) is 45.5 Å². The Kier molecular flexibility index (Phi) is 3.18. The molecule has 1 N–H and O–H groups in total. The third-order valence-corrected chi connectivity index (χ3v) is 3.86. The van der Waals surface area contributed by atoms with E-state index in [1.807, 2.05) is 6.07 Å². The zero-order valence-corrected chi connectivity index (χ0v) is 11.3. The summed E-state index contributed by atoms with van der Waals surface area (Å²) in [6, 6.07) is 5.57. The monoisotopic (exact) mass is 283 g/mol. The average Bonchev–Trinajstić information content (AvgIpc) is 2.65. The van der Waals surface area contributed by atoms with E-state index in [1.54, 1.807) is 0 Å². The number of nitriles is 1. The Morgan fingerprint density at radius 1 is 1.14 bits per heavy atom. The lowest BCUT2D eigenvalue weighted by Gasteiger charge is -2.23. The van der Waals surface area contributed by atoms with Gasteiger partial charge in [-0.3, -0.25) is 19.3 Å². The molecule has 0 radical (unpaired) electrons. The number of rotatable bonds is 1. The fourth-order valence-electron chi connectivity index (χ4n) is 2.78. The maximum Gasteiger partial charge on any atom is 0.262 e. The molecule has 1 atom stereocenters. The highest BCUT2D eigenvalue weighted by Gasteiger charge is 2.42. The molecular weight excluding hydrogens is 270 g/mol. The summed E-state index contributed by atoms with van der Waals surface area (Å²) in [5.41, 5.74) is 0.786. The molecule has 3 rings (SSSR count). The van der Waals surface area contributed by atoms with Gasteiger partial charge in [-0.2, -0.15) is 5.26 Å². The van der Waals surface area contributed by atoms with Crippen LogP contribution in [0, 0.1) is 11.3 Å². The summed E-state index contributed by atoms with van der Waals surface area (Å²) in [6.45, 7) is 0.567. The molecule has 6 heteroatoms. The number of hydrogen-bond acceptors (Lipinski definition) is 4. The molecule has 0 spiro atoms. The Balaban J connectivity index is 1.99. The summed E-state index contributed by atoms with van der Waals surface area (Å²) in [6.07, 6.45) is 2.09. The van der Waals surface area contributed by atoms with Gasteiger partial charge in [0.1, 0.15) is 6.04 Å². The predicted molar refractivity (Wildman–Crippen MR) is 72.3 cm³/mol. The van der Waals surface area contributed by atoms with Crippen LogP contribution in [-0.2, 0) is 4.79 Å². The standard InChI is InChI=1S/C15H13N3O3/c16-8-9-4-5-10-11(7-9)15(21)18(14(10)20)12-3-1-2-6-17-13(12)19/h4-5,7,12H,1-3,6H2,(H,17,19). The number of nitrogens with one attached hydrogen (secondary N) is 1. The number of amides is 3. The summed E-state index contributed by atoms with van der Waals surface area (Å²) in [7, 11) is 0. The summed E-state index contributed by atoms with van der Waals surface area (Å²) in [4.78, 5) is 37.9. The van der Waals surface area contributed by atoms with Crippen molar-refractivity contribution in [2.24, 2.45) is 0 Å². The third-order valence-electron chi connectivity index (χ3n) is 3.86. The molecule has 3 amide bonds. The second-order valence-electron chi connectivity index (χ2n) is 5.16. The molecule has 1 aromatic rings. The largest absolute Gasteiger partial charge is 0.354 e. The van der Waals surface area contributed by atoms with Crippen molar-refractivity contribution < 1.29 is 14.4 Å². The van der Waals surface area contributed by atoms with Gasteiger partial charge < -0.3 is 5.32 Å². The average molecular weight is 283 g/mol. The molecule has 106 valence electrons. The van der Waals surface area contributed by atoms with Crippen LogP contribution in [0.3, 0.4) is 0 Å². The number of imide groups is 1. The molecule has 2 heterocycles. The van der Waals surface area contributed by atoms with E-state index in [1.165, 1.54) is 18.2 Å². The van der Waals surface area contributed by atoms with Crippen LogP contribution >= 0.6 is 0 Å². The maximum absolute atomic E-state index is 12.4. The van der Waals surface area contributed by atoms with Gasteiger partial charge in [-0.1, -0.05) is 0 Å². The first-order chi connectivity index (χ1) is 10.1. The van der Waals surface area contributed by atoms with Crippen molar-refractivity contribution >= 4 is 17.7 Å². The van der Waals surface area contributed by atoms with Crippen molar-refractivity contribution in [2.75, 3.05) is 6.54 Å². The van der Waals surface area contributed by atoms with Crippen molar-refractivity contribution in [1.82, 2.24) is 10.2 Å². The fourth-order valence-corrected chi connectivity index (χ4v) is 2.78. The molecule has 1 unspecified atom stereocenters. The van der Waals surface area contributed by atoms with Gasteiger partial charge in [0.2, 0.25) is 5.91 Å². The summed E-state index contributed by atoms with van der Waals surface area (Å²) in [5, 5.41) is 11.6. The van der Waals surface area contributed by atoms with Crippen LogP contribution in [0.25, 0.3) is 0 Å². The second-order valence-corrected chi connectivity index (χ2v) is 5.16. The highest BCUT2D eigenvalue weighted by atomic mass is 16.2. The van der Waals surface area contributed by atoms with Crippen LogP contribution in [-0.4, -0.2) is 35.2 Å². The quantitative estimate of drug-likeness (QED) is 0.773. The van der Waals surface area contributed by atoms with Gasteiger partial charge in [0, 0.05) is 6.54 Å². The van der Waals surface area contributed by atoms with Crippen molar-refractivity contribution in [2.45, 2.75) is 25.3 Å². The molecule has 1 saturated heterocycles. The number of carbonyl (C=O) groups is 3. The maximum atomic E-state index is 12.4. The number of hydrogen-bond donors (Lipinski definition) is 1.